The van der Waals surface area contributed by atoms with Gasteiger partial charge in [0.05, 0.1) is 10.6 Å². The van der Waals surface area contributed by atoms with E-state index in [1.807, 2.05) is 4.90 Å². The molecule has 0 N–H and O–H groups in total. The van der Waals surface area contributed by atoms with Crippen molar-refractivity contribution in [1.82, 2.24) is 4.90 Å². The second kappa shape index (κ2) is 11.6. The molecule has 1 aliphatic rings. The third-order valence-corrected chi connectivity index (χ3v) is 5.64. The fourth-order valence-electron chi connectivity index (χ4n) is 3.75. The zero-order valence-electron chi connectivity index (χ0n) is 18.3. The molecule has 0 unspecified atom stereocenters. The highest BCUT2D eigenvalue weighted by atomic mass is 19.1. The minimum absolute atomic E-state index is 0.0951. The van der Waals surface area contributed by atoms with Crippen molar-refractivity contribution in [3.8, 4) is 0 Å². The van der Waals surface area contributed by atoms with Crippen molar-refractivity contribution in [3.05, 3.63) is 58.1 Å². The van der Waals surface area contributed by atoms with Gasteiger partial charge in [0.2, 0.25) is 0 Å². The number of anilines is 1. The number of rotatable bonds is 10. The first-order valence-electron chi connectivity index (χ1n) is 11.1. The average molecular weight is 446 g/mol. The highest BCUT2D eigenvalue weighted by molar-refractivity contribution is 5.55. The van der Waals surface area contributed by atoms with Crippen molar-refractivity contribution in [2.75, 3.05) is 37.6 Å². The Morgan fingerprint density at radius 2 is 1.56 bits per heavy atom. The molecule has 1 fully saturated rings. The number of nitro groups is 1. The Labute approximate surface area is 186 Å². The number of nitro benzene ring substituents is 1. The average Bonchev–Trinajstić information content (AvgIpc) is 2.79. The minimum Gasteiger partial charge on any atom is -0.369 e. The summed E-state index contributed by atoms with van der Waals surface area (Å²) in [4.78, 5) is 14.5. The molecule has 0 radical (unpaired) electrons. The number of non-ortho nitro benzene ring substituents is 1. The molecule has 0 aliphatic carbocycles. The van der Waals surface area contributed by atoms with Crippen LogP contribution in [0.1, 0.15) is 39.0 Å². The molecule has 2 aromatic rings. The van der Waals surface area contributed by atoms with Crippen molar-refractivity contribution in [2.24, 2.45) is 10.2 Å². The highest BCUT2D eigenvalue weighted by Crippen LogP contribution is 2.30. The summed E-state index contributed by atoms with van der Waals surface area (Å²) in [6, 6.07) is 7.83. The van der Waals surface area contributed by atoms with E-state index in [0.717, 1.165) is 32.7 Å². The third-order valence-electron chi connectivity index (χ3n) is 5.64. The molecule has 0 bridgehead atoms. The summed E-state index contributed by atoms with van der Waals surface area (Å²) in [7, 11) is 0. The monoisotopic (exact) mass is 445 g/mol. The highest BCUT2D eigenvalue weighted by Gasteiger charge is 2.20. The largest absolute Gasteiger partial charge is 0.369 e. The van der Waals surface area contributed by atoms with Crippen LogP contribution in [0.4, 0.5) is 31.5 Å². The van der Waals surface area contributed by atoms with Crippen LogP contribution in [0.5, 0.6) is 0 Å². The maximum Gasteiger partial charge on any atom is 0.269 e. The van der Waals surface area contributed by atoms with E-state index in [2.05, 4.69) is 22.1 Å². The van der Waals surface area contributed by atoms with Crippen molar-refractivity contribution in [3.63, 3.8) is 0 Å². The van der Waals surface area contributed by atoms with Gasteiger partial charge in [-0.3, -0.25) is 15.0 Å². The maximum atomic E-state index is 14.6. The van der Waals surface area contributed by atoms with Gasteiger partial charge in [-0.15, -0.1) is 5.11 Å². The molecule has 172 valence electrons. The zero-order chi connectivity index (χ0) is 22.9. The molecule has 0 amide bonds. The van der Waals surface area contributed by atoms with Gasteiger partial charge in [0.1, 0.15) is 0 Å². The van der Waals surface area contributed by atoms with Gasteiger partial charge in [0.25, 0.3) is 5.69 Å². The van der Waals surface area contributed by atoms with Gasteiger partial charge in [-0.1, -0.05) is 32.6 Å². The number of hydrogen-bond acceptors (Lipinski definition) is 6. The van der Waals surface area contributed by atoms with Crippen LogP contribution in [-0.4, -0.2) is 42.5 Å². The molecule has 0 aromatic heterocycles. The van der Waals surface area contributed by atoms with Crippen LogP contribution >= 0.6 is 0 Å². The molecule has 7 nitrogen and oxygen atoms in total. The first kappa shape index (κ1) is 23.7. The quantitative estimate of drug-likeness (QED) is 0.184. The number of azo groups is 1. The Kier molecular flexibility index (Phi) is 8.61. The van der Waals surface area contributed by atoms with E-state index in [9.17, 15) is 18.9 Å². The normalized spacial score (nSPS) is 14.9. The standard InChI is InChI=1S/C23H29F2N5O2/c1-2-3-4-5-6-11-28-12-14-29(15-13-28)20-16-21(24)23(22(25)17-20)27-26-18-7-9-19(10-8-18)30(31)32/h7-10,16-17H,2-6,11-15H2,1H3. The van der Waals surface area contributed by atoms with Gasteiger partial charge in [-0.05, 0) is 37.2 Å². The molecule has 0 saturated carbocycles. The van der Waals surface area contributed by atoms with Crippen LogP contribution in [0.2, 0.25) is 0 Å². The molecule has 32 heavy (non-hydrogen) atoms. The summed E-state index contributed by atoms with van der Waals surface area (Å²) < 4.78 is 29.1. The summed E-state index contributed by atoms with van der Waals surface area (Å²) in [5.41, 5.74) is 0.196. The van der Waals surface area contributed by atoms with E-state index in [4.69, 9.17) is 0 Å². The second-order valence-corrected chi connectivity index (χ2v) is 7.97. The molecule has 0 atom stereocenters. The van der Waals surface area contributed by atoms with Crippen LogP contribution in [0.25, 0.3) is 0 Å². The summed E-state index contributed by atoms with van der Waals surface area (Å²) in [5.74, 6) is -1.58. The molecule has 1 aliphatic heterocycles. The number of halogens is 2. The zero-order valence-corrected chi connectivity index (χ0v) is 18.3. The van der Waals surface area contributed by atoms with Gasteiger partial charge >= 0.3 is 0 Å². The fraction of sp³-hybridized carbons (Fsp3) is 0.478. The smallest absolute Gasteiger partial charge is 0.269 e. The summed E-state index contributed by atoms with van der Waals surface area (Å²) in [6.45, 7) is 6.47. The van der Waals surface area contributed by atoms with Crippen molar-refractivity contribution < 1.29 is 13.7 Å². The lowest BCUT2D eigenvalue weighted by atomic mass is 10.1. The van der Waals surface area contributed by atoms with Crippen molar-refractivity contribution in [1.29, 1.82) is 0 Å². The fourth-order valence-corrected chi connectivity index (χ4v) is 3.75. The van der Waals surface area contributed by atoms with Gasteiger partial charge in [-0.2, -0.15) is 5.11 Å². The Hall–Kier alpha value is -2.94. The topological polar surface area (TPSA) is 74.3 Å². The number of nitrogens with zero attached hydrogens (tertiary/aromatic N) is 5. The molecular formula is C23H29F2N5O2. The first-order valence-corrected chi connectivity index (χ1v) is 11.1. The van der Waals surface area contributed by atoms with Crippen LogP contribution in [0.3, 0.4) is 0 Å². The number of benzene rings is 2. The van der Waals surface area contributed by atoms with Crippen LogP contribution in [0, 0.1) is 21.7 Å². The Morgan fingerprint density at radius 3 is 2.16 bits per heavy atom. The van der Waals surface area contributed by atoms with Crippen LogP contribution in [0.15, 0.2) is 46.6 Å². The van der Waals surface area contributed by atoms with Gasteiger partial charge < -0.3 is 4.90 Å². The van der Waals surface area contributed by atoms with E-state index in [0.29, 0.717) is 5.69 Å². The van der Waals surface area contributed by atoms with E-state index in [1.165, 1.54) is 68.5 Å². The lowest BCUT2D eigenvalue weighted by Gasteiger charge is -2.36. The molecule has 2 aromatic carbocycles. The van der Waals surface area contributed by atoms with Crippen LogP contribution < -0.4 is 4.90 Å². The van der Waals surface area contributed by atoms with E-state index < -0.39 is 22.2 Å². The number of hydrogen-bond donors (Lipinski definition) is 0. The Morgan fingerprint density at radius 1 is 0.938 bits per heavy atom. The Balaban J connectivity index is 1.57. The predicted octanol–water partition coefficient (Wildman–Crippen LogP) is 6.38. The van der Waals surface area contributed by atoms with Crippen LogP contribution in [-0.2, 0) is 0 Å². The molecule has 1 heterocycles. The Bertz CT molecular complexity index is 905. The lowest BCUT2D eigenvalue weighted by Crippen LogP contribution is -2.46. The predicted molar refractivity (Wildman–Crippen MR) is 121 cm³/mol. The third kappa shape index (κ3) is 6.53. The van der Waals surface area contributed by atoms with E-state index >= 15 is 0 Å². The summed E-state index contributed by atoms with van der Waals surface area (Å²) in [6.07, 6.45) is 6.25. The van der Waals surface area contributed by atoms with Gasteiger partial charge in [-0.25, -0.2) is 8.78 Å². The first-order chi connectivity index (χ1) is 15.5. The van der Waals surface area contributed by atoms with Gasteiger partial charge in [0, 0.05) is 44.0 Å². The van der Waals surface area contributed by atoms with E-state index in [1.54, 1.807) is 0 Å². The summed E-state index contributed by atoms with van der Waals surface area (Å²) >= 11 is 0. The van der Waals surface area contributed by atoms with Crippen molar-refractivity contribution in [2.45, 2.75) is 39.0 Å². The maximum absolute atomic E-state index is 14.6. The molecule has 1 saturated heterocycles. The summed E-state index contributed by atoms with van der Waals surface area (Å²) in [5, 5.41) is 18.2. The minimum atomic E-state index is -0.788. The molecular weight excluding hydrogens is 416 g/mol. The number of piperazine rings is 1. The number of unbranched alkanes of at least 4 members (excludes halogenated alkanes) is 4. The molecule has 0 spiro atoms. The van der Waals surface area contributed by atoms with E-state index in [-0.39, 0.29) is 11.4 Å². The molecule has 9 heteroatoms. The second-order valence-electron chi connectivity index (χ2n) is 7.97. The molecule has 3 rings (SSSR count). The SMILES string of the molecule is CCCCCCCN1CCN(c2cc(F)c(N=Nc3ccc([N+](=O)[O-])cc3)c(F)c2)CC1. The van der Waals surface area contributed by atoms with Crippen molar-refractivity contribution >= 4 is 22.7 Å². The lowest BCUT2D eigenvalue weighted by molar-refractivity contribution is -0.384. The van der Waals surface area contributed by atoms with Gasteiger partial charge in [0.15, 0.2) is 17.3 Å².